The van der Waals surface area contributed by atoms with Gasteiger partial charge in [-0.15, -0.1) is 0 Å². The van der Waals surface area contributed by atoms with Crippen LogP contribution in [0.3, 0.4) is 0 Å². The van der Waals surface area contributed by atoms with Crippen LogP contribution in [0.4, 0.5) is 0 Å². The van der Waals surface area contributed by atoms with E-state index in [9.17, 15) is 8.42 Å². The molecule has 2 aliphatic heterocycles. The van der Waals surface area contributed by atoms with Crippen LogP contribution in [0, 0.1) is 0 Å². The van der Waals surface area contributed by atoms with Crippen molar-refractivity contribution in [3.8, 4) is 0 Å². The number of rotatable bonds is 2. The molecule has 0 N–H and O–H groups in total. The molecular weight excluding hydrogens is 242 g/mol. The fraction of sp³-hybridized carbons (Fsp3) is 1.00. The summed E-state index contributed by atoms with van der Waals surface area (Å²) >= 11 is 0. The third-order valence-electron chi connectivity index (χ3n) is 4.12. The van der Waals surface area contributed by atoms with Crippen LogP contribution in [-0.4, -0.2) is 56.5 Å². The zero-order valence-electron chi connectivity index (χ0n) is 9.93. The second-order valence-corrected chi connectivity index (χ2v) is 7.49. The number of sulfonamides is 1. The molecule has 0 amide bonds. The number of ether oxygens (including phenoxy) is 2. The molecule has 0 aromatic carbocycles. The highest BCUT2D eigenvalue weighted by Crippen LogP contribution is 2.37. The van der Waals surface area contributed by atoms with Crippen LogP contribution in [0.1, 0.15) is 25.7 Å². The third-order valence-corrected chi connectivity index (χ3v) is 6.26. The fourth-order valence-corrected chi connectivity index (χ4v) is 4.65. The Labute approximate surface area is 102 Å². The number of hydrogen-bond donors (Lipinski definition) is 0. The molecule has 2 heterocycles. The van der Waals surface area contributed by atoms with Crippen LogP contribution in [0.2, 0.25) is 0 Å². The topological polar surface area (TPSA) is 55.8 Å². The van der Waals surface area contributed by atoms with Crippen molar-refractivity contribution in [1.29, 1.82) is 0 Å². The second-order valence-electron chi connectivity index (χ2n) is 5.28. The molecule has 1 aliphatic carbocycles. The van der Waals surface area contributed by atoms with Crippen molar-refractivity contribution in [3.05, 3.63) is 0 Å². The Bertz CT molecular complexity index is 384. The summed E-state index contributed by atoms with van der Waals surface area (Å²) < 4.78 is 37.1. The minimum absolute atomic E-state index is 0.185. The molecule has 6 heteroatoms. The molecular formula is C11H19NO4S. The Morgan fingerprint density at radius 2 is 1.88 bits per heavy atom. The van der Waals surface area contributed by atoms with Gasteiger partial charge in [-0.3, -0.25) is 0 Å². The van der Waals surface area contributed by atoms with Crippen molar-refractivity contribution in [3.63, 3.8) is 0 Å². The first-order valence-electron chi connectivity index (χ1n) is 6.33. The Hall–Kier alpha value is -0.170. The summed E-state index contributed by atoms with van der Waals surface area (Å²) in [7, 11) is -3.16. The van der Waals surface area contributed by atoms with Crippen LogP contribution in [0.5, 0.6) is 0 Å². The highest BCUT2D eigenvalue weighted by Gasteiger charge is 2.45. The molecule has 98 valence electrons. The van der Waals surface area contributed by atoms with Gasteiger partial charge >= 0.3 is 0 Å². The van der Waals surface area contributed by atoms with Gasteiger partial charge in [0.1, 0.15) is 5.25 Å². The quantitative estimate of drug-likeness (QED) is 0.720. The first kappa shape index (κ1) is 11.9. The molecule has 0 aromatic heterocycles. The predicted octanol–water partition coefficient (Wildman–Crippen LogP) is 0.360. The molecule has 0 radical (unpaired) electrons. The zero-order chi connectivity index (χ0) is 11.9. The molecule has 0 unspecified atom stereocenters. The average molecular weight is 261 g/mol. The summed E-state index contributed by atoms with van der Waals surface area (Å²) in [6.07, 6.45) is 4.31. The van der Waals surface area contributed by atoms with Gasteiger partial charge in [0.15, 0.2) is 0 Å². The lowest BCUT2D eigenvalue weighted by Crippen LogP contribution is -2.57. The van der Waals surface area contributed by atoms with Crippen LogP contribution in [-0.2, 0) is 19.5 Å². The third kappa shape index (κ3) is 2.01. The van der Waals surface area contributed by atoms with Gasteiger partial charge in [0.25, 0.3) is 0 Å². The smallest absolute Gasteiger partial charge is 0.221 e. The van der Waals surface area contributed by atoms with E-state index in [1.165, 1.54) is 0 Å². The first-order valence-corrected chi connectivity index (χ1v) is 7.83. The summed E-state index contributed by atoms with van der Waals surface area (Å²) in [5.74, 6) is 0. The van der Waals surface area contributed by atoms with Crippen molar-refractivity contribution in [2.45, 2.75) is 36.5 Å². The molecule has 0 aromatic rings. The maximum atomic E-state index is 12.3. The predicted molar refractivity (Wildman–Crippen MR) is 62.3 cm³/mol. The zero-order valence-corrected chi connectivity index (χ0v) is 10.7. The number of morpholine rings is 1. The first-order chi connectivity index (χ1) is 8.12. The molecule has 0 bridgehead atoms. The minimum Gasteiger partial charge on any atom is -0.378 e. The van der Waals surface area contributed by atoms with E-state index < -0.39 is 10.0 Å². The van der Waals surface area contributed by atoms with Gasteiger partial charge in [-0.05, 0) is 12.8 Å². The van der Waals surface area contributed by atoms with E-state index in [2.05, 4.69) is 0 Å². The lowest BCUT2D eigenvalue weighted by molar-refractivity contribution is -0.0853. The minimum atomic E-state index is -3.16. The lowest BCUT2D eigenvalue weighted by Gasteiger charge is -2.42. The van der Waals surface area contributed by atoms with Gasteiger partial charge in [-0.1, -0.05) is 12.8 Å². The SMILES string of the molecule is O=S(=O)(C1COC1)N1CCOC2(CCCC2)C1. The van der Waals surface area contributed by atoms with Crippen molar-refractivity contribution in [1.82, 2.24) is 4.31 Å². The highest BCUT2D eigenvalue weighted by molar-refractivity contribution is 7.89. The van der Waals surface area contributed by atoms with Crippen molar-refractivity contribution >= 4 is 10.0 Å². The van der Waals surface area contributed by atoms with Crippen molar-refractivity contribution < 1.29 is 17.9 Å². The molecule has 1 saturated carbocycles. The molecule has 17 heavy (non-hydrogen) atoms. The molecule has 1 spiro atoms. The molecule has 3 fully saturated rings. The normalized spacial score (nSPS) is 30.6. The van der Waals surface area contributed by atoms with E-state index >= 15 is 0 Å². The molecule has 5 nitrogen and oxygen atoms in total. The van der Waals surface area contributed by atoms with Crippen LogP contribution < -0.4 is 0 Å². The molecule has 0 atom stereocenters. The van der Waals surface area contributed by atoms with Crippen LogP contribution >= 0.6 is 0 Å². The summed E-state index contributed by atoms with van der Waals surface area (Å²) in [4.78, 5) is 0. The monoisotopic (exact) mass is 261 g/mol. The Kier molecular flexibility index (Phi) is 2.93. The fourth-order valence-electron chi connectivity index (χ4n) is 2.95. The molecule has 2 saturated heterocycles. The molecule has 3 rings (SSSR count). The number of hydrogen-bond acceptors (Lipinski definition) is 4. The van der Waals surface area contributed by atoms with Crippen LogP contribution in [0.25, 0.3) is 0 Å². The second kappa shape index (κ2) is 4.19. The average Bonchev–Trinajstić information content (AvgIpc) is 2.63. The highest BCUT2D eigenvalue weighted by atomic mass is 32.2. The summed E-state index contributed by atoms with van der Waals surface area (Å²) in [5.41, 5.74) is -0.185. The van der Waals surface area contributed by atoms with Crippen LogP contribution in [0.15, 0.2) is 0 Å². The van der Waals surface area contributed by atoms with Gasteiger partial charge in [0, 0.05) is 13.1 Å². The summed E-state index contributed by atoms with van der Waals surface area (Å²) in [6, 6.07) is 0. The van der Waals surface area contributed by atoms with E-state index in [1.807, 2.05) is 0 Å². The van der Waals surface area contributed by atoms with E-state index in [1.54, 1.807) is 4.31 Å². The summed E-state index contributed by atoms with van der Waals surface area (Å²) in [6.45, 7) is 2.29. The van der Waals surface area contributed by atoms with Gasteiger partial charge in [-0.25, -0.2) is 8.42 Å². The van der Waals surface area contributed by atoms with Gasteiger partial charge in [0.2, 0.25) is 10.0 Å². The number of nitrogens with zero attached hydrogens (tertiary/aromatic N) is 1. The Balaban J connectivity index is 1.75. The van der Waals surface area contributed by atoms with E-state index in [4.69, 9.17) is 9.47 Å². The maximum absolute atomic E-state index is 12.3. The van der Waals surface area contributed by atoms with Crippen molar-refractivity contribution in [2.75, 3.05) is 32.9 Å². The largest absolute Gasteiger partial charge is 0.378 e. The van der Waals surface area contributed by atoms with Gasteiger partial charge in [-0.2, -0.15) is 4.31 Å². The van der Waals surface area contributed by atoms with E-state index in [-0.39, 0.29) is 10.9 Å². The van der Waals surface area contributed by atoms with Gasteiger partial charge in [0.05, 0.1) is 25.4 Å². The van der Waals surface area contributed by atoms with E-state index in [0.717, 1.165) is 25.7 Å². The molecule has 3 aliphatic rings. The van der Waals surface area contributed by atoms with Gasteiger partial charge < -0.3 is 9.47 Å². The summed E-state index contributed by atoms with van der Waals surface area (Å²) in [5, 5.41) is -0.320. The maximum Gasteiger partial charge on any atom is 0.221 e. The van der Waals surface area contributed by atoms with E-state index in [0.29, 0.717) is 32.9 Å². The van der Waals surface area contributed by atoms with Crippen molar-refractivity contribution in [2.24, 2.45) is 0 Å². The lowest BCUT2D eigenvalue weighted by atomic mass is 10.0. The Morgan fingerprint density at radius 3 is 2.47 bits per heavy atom. The standard InChI is InChI=1S/C11H19NO4S/c13-17(14,10-7-15-8-10)12-5-6-16-11(9-12)3-1-2-4-11/h10H,1-9H2. The Morgan fingerprint density at radius 1 is 1.18 bits per heavy atom.